The van der Waals surface area contributed by atoms with Crippen LogP contribution in [0.1, 0.15) is 12.0 Å². The van der Waals surface area contributed by atoms with E-state index in [2.05, 4.69) is 22.8 Å². The van der Waals surface area contributed by atoms with Crippen LogP contribution in [0.15, 0.2) is 24.3 Å². The fourth-order valence-corrected chi connectivity index (χ4v) is 1.63. The minimum Gasteiger partial charge on any atom is -0.302 e. The Morgan fingerprint density at radius 3 is 2.64 bits per heavy atom. The van der Waals surface area contributed by atoms with Crippen molar-refractivity contribution in [2.45, 2.75) is 19.0 Å². The Hall–Kier alpha value is -0.570. The summed E-state index contributed by atoms with van der Waals surface area (Å²) in [6, 6.07) is 8.05. The number of benzene rings is 1. The van der Waals surface area contributed by atoms with Gasteiger partial charge in [0.15, 0.2) is 0 Å². The molecule has 1 aromatic carbocycles. The standard InChI is InChI=1S/C11H15ClN2/c12-10-3-1-9(2-4-10)5-7-13-11-6-8-14-11/h1-4,11,13-14H,5-8H2. The van der Waals surface area contributed by atoms with E-state index in [0.29, 0.717) is 6.17 Å². The van der Waals surface area contributed by atoms with Crippen molar-refractivity contribution in [1.29, 1.82) is 0 Å². The quantitative estimate of drug-likeness (QED) is 0.792. The second-order valence-electron chi connectivity index (χ2n) is 3.63. The van der Waals surface area contributed by atoms with Gasteiger partial charge in [-0.1, -0.05) is 23.7 Å². The highest BCUT2D eigenvalue weighted by atomic mass is 35.5. The highest BCUT2D eigenvalue weighted by Crippen LogP contribution is 2.09. The molecule has 1 heterocycles. The number of nitrogens with one attached hydrogen (secondary N) is 2. The fourth-order valence-electron chi connectivity index (χ4n) is 1.50. The first kappa shape index (κ1) is 9.97. The largest absolute Gasteiger partial charge is 0.302 e. The van der Waals surface area contributed by atoms with E-state index in [-0.39, 0.29) is 0 Å². The lowest BCUT2D eigenvalue weighted by Crippen LogP contribution is -2.53. The van der Waals surface area contributed by atoms with Crippen molar-refractivity contribution in [2.75, 3.05) is 13.1 Å². The molecule has 0 saturated carbocycles. The topological polar surface area (TPSA) is 24.1 Å². The molecule has 1 aliphatic heterocycles. The maximum atomic E-state index is 5.80. The van der Waals surface area contributed by atoms with Crippen LogP contribution in [0.2, 0.25) is 5.02 Å². The van der Waals surface area contributed by atoms with Crippen molar-refractivity contribution in [3.8, 4) is 0 Å². The van der Waals surface area contributed by atoms with E-state index in [1.165, 1.54) is 12.0 Å². The second kappa shape index (κ2) is 4.78. The van der Waals surface area contributed by atoms with Gasteiger partial charge in [-0.2, -0.15) is 0 Å². The lowest BCUT2D eigenvalue weighted by Gasteiger charge is -2.28. The normalized spacial score (nSPS) is 20.5. The van der Waals surface area contributed by atoms with Crippen molar-refractivity contribution in [3.05, 3.63) is 34.9 Å². The zero-order valence-corrected chi connectivity index (χ0v) is 8.85. The molecule has 14 heavy (non-hydrogen) atoms. The van der Waals surface area contributed by atoms with Crippen LogP contribution in [0.3, 0.4) is 0 Å². The van der Waals surface area contributed by atoms with Crippen LogP contribution >= 0.6 is 11.6 Å². The Kier molecular flexibility index (Phi) is 3.40. The van der Waals surface area contributed by atoms with E-state index in [1.54, 1.807) is 0 Å². The van der Waals surface area contributed by atoms with Crippen molar-refractivity contribution < 1.29 is 0 Å². The molecule has 2 N–H and O–H groups in total. The molecule has 0 radical (unpaired) electrons. The van der Waals surface area contributed by atoms with Crippen molar-refractivity contribution in [3.63, 3.8) is 0 Å². The Bertz CT molecular complexity index is 280. The first-order chi connectivity index (χ1) is 6.84. The summed E-state index contributed by atoms with van der Waals surface area (Å²) < 4.78 is 0. The smallest absolute Gasteiger partial charge is 0.0584 e. The van der Waals surface area contributed by atoms with Crippen LogP contribution < -0.4 is 10.6 Å². The highest BCUT2D eigenvalue weighted by Gasteiger charge is 2.13. The van der Waals surface area contributed by atoms with Gasteiger partial charge in [0.05, 0.1) is 6.17 Å². The first-order valence-corrected chi connectivity index (χ1v) is 5.43. The van der Waals surface area contributed by atoms with Crippen molar-refractivity contribution >= 4 is 11.6 Å². The molecule has 1 saturated heterocycles. The van der Waals surface area contributed by atoms with Gasteiger partial charge in [-0.15, -0.1) is 0 Å². The molecule has 76 valence electrons. The molecule has 1 aromatic rings. The van der Waals surface area contributed by atoms with Crippen LogP contribution in [0.5, 0.6) is 0 Å². The molecule has 2 rings (SSSR count). The van der Waals surface area contributed by atoms with E-state index < -0.39 is 0 Å². The summed E-state index contributed by atoms with van der Waals surface area (Å²) in [5.74, 6) is 0. The summed E-state index contributed by atoms with van der Waals surface area (Å²) in [5, 5.41) is 7.55. The zero-order valence-electron chi connectivity index (χ0n) is 8.09. The summed E-state index contributed by atoms with van der Waals surface area (Å²) in [7, 11) is 0. The van der Waals surface area contributed by atoms with Crippen LogP contribution in [0, 0.1) is 0 Å². The van der Waals surface area contributed by atoms with Gasteiger partial charge in [-0.25, -0.2) is 0 Å². The molecule has 3 heteroatoms. The van der Waals surface area contributed by atoms with E-state index in [0.717, 1.165) is 24.5 Å². The third kappa shape index (κ3) is 2.71. The molecule has 1 aliphatic rings. The molecule has 1 fully saturated rings. The maximum Gasteiger partial charge on any atom is 0.0584 e. The van der Waals surface area contributed by atoms with Gasteiger partial charge in [0, 0.05) is 11.6 Å². The molecule has 0 amide bonds. The molecule has 2 nitrogen and oxygen atoms in total. The van der Waals surface area contributed by atoms with Gasteiger partial charge < -0.3 is 10.6 Å². The van der Waals surface area contributed by atoms with Crippen LogP contribution in [0.4, 0.5) is 0 Å². The van der Waals surface area contributed by atoms with E-state index in [4.69, 9.17) is 11.6 Å². The molecule has 0 aromatic heterocycles. The molecule has 1 atom stereocenters. The third-order valence-corrected chi connectivity index (χ3v) is 2.79. The zero-order chi connectivity index (χ0) is 9.80. The first-order valence-electron chi connectivity index (χ1n) is 5.06. The molecular weight excluding hydrogens is 196 g/mol. The van der Waals surface area contributed by atoms with Gasteiger partial charge in [0.1, 0.15) is 0 Å². The van der Waals surface area contributed by atoms with E-state index >= 15 is 0 Å². The Labute approximate surface area is 89.7 Å². The summed E-state index contributed by atoms with van der Waals surface area (Å²) in [5.41, 5.74) is 1.33. The SMILES string of the molecule is Clc1ccc(CCNC2CCN2)cc1. The van der Waals surface area contributed by atoms with Gasteiger partial charge in [0.2, 0.25) is 0 Å². The number of halogens is 1. The van der Waals surface area contributed by atoms with E-state index in [9.17, 15) is 0 Å². The highest BCUT2D eigenvalue weighted by molar-refractivity contribution is 6.30. The predicted octanol–water partition coefficient (Wildman–Crippen LogP) is 1.79. The Morgan fingerprint density at radius 1 is 1.36 bits per heavy atom. The Morgan fingerprint density at radius 2 is 2.07 bits per heavy atom. The van der Waals surface area contributed by atoms with Gasteiger partial charge in [0.25, 0.3) is 0 Å². The Balaban J connectivity index is 1.71. The van der Waals surface area contributed by atoms with Gasteiger partial charge in [-0.3, -0.25) is 0 Å². The average molecular weight is 211 g/mol. The van der Waals surface area contributed by atoms with Crippen molar-refractivity contribution in [1.82, 2.24) is 10.6 Å². The van der Waals surface area contributed by atoms with Crippen LogP contribution in [0.25, 0.3) is 0 Å². The molecule has 0 bridgehead atoms. The minimum atomic E-state index is 0.544. The number of rotatable bonds is 4. The van der Waals surface area contributed by atoms with Gasteiger partial charge in [-0.05, 0) is 37.1 Å². The number of hydrogen-bond donors (Lipinski definition) is 2. The lowest BCUT2D eigenvalue weighted by molar-refractivity contribution is 0.311. The summed E-state index contributed by atoms with van der Waals surface area (Å²) in [4.78, 5) is 0. The van der Waals surface area contributed by atoms with Crippen molar-refractivity contribution in [2.24, 2.45) is 0 Å². The number of hydrogen-bond acceptors (Lipinski definition) is 2. The van der Waals surface area contributed by atoms with Crippen LogP contribution in [-0.2, 0) is 6.42 Å². The second-order valence-corrected chi connectivity index (χ2v) is 4.06. The summed E-state index contributed by atoms with van der Waals surface area (Å²) in [6.45, 7) is 2.18. The maximum absolute atomic E-state index is 5.80. The molecule has 0 aliphatic carbocycles. The fraction of sp³-hybridized carbons (Fsp3) is 0.455. The molecular formula is C11H15ClN2. The third-order valence-electron chi connectivity index (χ3n) is 2.54. The average Bonchev–Trinajstić information content (AvgIpc) is 2.12. The predicted molar refractivity (Wildman–Crippen MR) is 59.6 cm³/mol. The monoisotopic (exact) mass is 210 g/mol. The van der Waals surface area contributed by atoms with E-state index in [1.807, 2.05) is 12.1 Å². The lowest BCUT2D eigenvalue weighted by atomic mass is 10.1. The van der Waals surface area contributed by atoms with Gasteiger partial charge >= 0.3 is 0 Å². The summed E-state index contributed by atoms with van der Waals surface area (Å²) in [6.07, 6.45) is 2.86. The molecule has 0 spiro atoms. The van der Waals surface area contributed by atoms with Crippen LogP contribution in [-0.4, -0.2) is 19.3 Å². The summed E-state index contributed by atoms with van der Waals surface area (Å²) >= 11 is 5.80. The minimum absolute atomic E-state index is 0.544. The molecule has 1 unspecified atom stereocenters.